The number of ether oxygens (including phenoxy) is 1. The minimum absolute atomic E-state index is 0.0410. The molecule has 2 nitrogen and oxygen atoms in total. The minimum Gasteiger partial charge on any atom is -0.406 e. The van der Waals surface area contributed by atoms with Crippen LogP contribution in [-0.4, -0.2) is 13.4 Å². The number of benzene rings is 1. The van der Waals surface area contributed by atoms with E-state index in [0.29, 0.717) is 5.92 Å². The zero-order chi connectivity index (χ0) is 15.7. The van der Waals surface area contributed by atoms with Crippen LogP contribution < -0.4 is 10.1 Å². The van der Waals surface area contributed by atoms with Crippen molar-refractivity contribution in [2.45, 2.75) is 45.5 Å². The van der Waals surface area contributed by atoms with Crippen LogP contribution in [0.4, 0.5) is 13.2 Å². The molecule has 2 atom stereocenters. The normalized spacial score (nSPS) is 23.0. The molecule has 21 heavy (non-hydrogen) atoms. The number of rotatable bonds is 4. The van der Waals surface area contributed by atoms with Gasteiger partial charge in [-0.25, -0.2) is 0 Å². The molecule has 1 aromatic carbocycles. The summed E-state index contributed by atoms with van der Waals surface area (Å²) in [5, 5.41) is 3.27. The molecule has 0 saturated heterocycles. The first-order valence-electron chi connectivity index (χ1n) is 7.26. The first-order valence-corrected chi connectivity index (χ1v) is 7.26. The summed E-state index contributed by atoms with van der Waals surface area (Å²) < 4.78 is 41.1. The molecule has 1 N–H and O–H groups in total. The maximum absolute atomic E-state index is 12.3. The Labute approximate surface area is 123 Å². The van der Waals surface area contributed by atoms with Crippen LogP contribution >= 0.6 is 0 Å². The summed E-state index contributed by atoms with van der Waals surface area (Å²) in [5.41, 5.74) is 1.04. The molecule has 0 spiro atoms. The highest BCUT2D eigenvalue weighted by atomic mass is 19.4. The van der Waals surface area contributed by atoms with Gasteiger partial charge in [0, 0.05) is 6.04 Å². The quantitative estimate of drug-likeness (QED) is 0.872. The Morgan fingerprint density at radius 1 is 1.33 bits per heavy atom. The zero-order valence-electron chi connectivity index (χ0n) is 12.6. The molecule has 1 aliphatic carbocycles. The van der Waals surface area contributed by atoms with Crippen LogP contribution in [0.3, 0.4) is 0 Å². The Morgan fingerprint density at radius 3 is 2.57 bits per heavy atom. The van der Waals surface area contributed by atoms with Gasteiger partial charge in [-0.3, -0.25) is 0 Å². The molecule has 118 valence electrons. The standard InChI is InChI=1S/C16H22F3NO/c1-15(2)9-5-8-13(15)14(20-3)11-6-4-7-12(10-11)21-16(17,18)19/h4,6-7,10,13-14,20H,5,8-9H2,1-3H3. The lowest BCUT2D eigenvalue weighted by atomic mass is 9.75. The maximum atomic E-state index is 12.3. The van der Waals surface area contributed by atoms with Crippen molar-refractivity contribution in [2.24, 2.45) is 11.3 Å². The first kappa shape index (κ1) is 16.1. The lowest BCUT2D eigenvalue weighted by Gasteiger charge is -2.34. The monoisotopic (exact) mass is 301 g/mol. The fourth-order valence-corrected chi connectivity index (χ4v) is 3.48. The van der Waals surface area contributed by atoms with Gasteiger partial charge in [0.1, 0.15) is 5.75 Å². The molecule has 1 fully saturated rings. The van der Waals surface area contributed by atoms with Crippen molar-refractivity contribution >= 4 is 0 Å². The summed E-state index contributed by atoms with van der Waals surface area (Å²) >= 11 is 0. The molecule has 0 aliphatic heterocycles. The predicted molar refractivity (Wildman–Crippen MR) is 76.0 cm³/mol. The predicted octanol–water partition coefficient (Wildman–Crippen LogP) is 4.67. The smallest absolute Gasteiger partial charge is 0.406 e. The second-order valence-electron chi connectivity index (χ2n) is 6.37. The highest BCUT2D eigenvalue weighted by Crippen LogP contribution is 2.48. The second kappa shape index (κ2) is 5.87. The van der Waals surface area contributed by atoms with Crippen LogP contribution in [0.5, 0.6) is 5.75 Å². The van der Waals surface area contributed by atoms with E-state index >= 15 is 0 Å². The van der Waals surface area contributed by atoms with E-state index in [-0.39, 0.29) is 17.2 Å². The van der Waals surface area contributed by atoms with E-state index in [1.165, 1.54) is 12.1 Å². The van der Waals surface area contributed by atoms with E-state index in [0.717, 1.165) is 24.8 Å². The van der Waals surface area contributed by atoms with Gasteiger partial charge in [0.15, 0.2) is 0 Å². The Balaban J connectivity index is 2.24. The van der Waals surface area contributed by atoms with Crippen LogP contribution in [0.25, 0.3) is 0 Å². The molecule has 1 aromatic rings. The number of hydrogen-bond donors (Lipinski definition) is 1. The average molecular weight is 301 g/mol. The summed E-state index contributed by atoms with van der Waals surface area (Å²) in [6.07, 6.45) is -1.26. The molecule has 5 heteroatoms. The van der Waals surface area contributed by atoms with Gasteiger partial charge in [-0.15, -0.1) is 13.2 Å². The third kappa shape index (κ3) is 3.90. The largest absolute Gasteiger partial charge is 0.573 e. The van der Waals surface area contributed by atoms with Crippen molar-refractivity contribution in [1.82, 2.24) is 5.32 Å². The Morgan fingerprint density at radius 2 is 2.05 bits per heavy atom. The van der Waals surface area contributed by atoms with E-state index < -0.39 is 6.36 Å². The van der Waals surface area contributed by atoms with E-state index in [2.05, 4.69) is 23.9 Å². The van der Waals surface area contributed by atoms with E-state index in [1.807, 2.05) is 13.1 Å². The Hall–Kier alpha value is -1.23. The molecule has 0 aromatic heterocycles. The van der Waals surface area contributed by atoms with Crippen LogP contribution in [0.1, 0.15) is 44.7 Å². The number of halogens is 3. The van der Waals surface area contributed by atoms with Gasteiger partial charge in [-0.05, 0) is 48.9 Å². The van der Waals surface area contributed by atoms with E-state index in [4.69, 9.17) is 0 Å². The molecule has 0 bridgehead atoms. The summed E-state index contributed by atoms with van der Waals surface area (Å²) in [5.74, 6) is 0.250. The van der Waals surface area contributed by atoms with Crippen molar-refractivity contribution in [3.63, 3.8) is 0 Å². The van der Waals surface area contributed by atoms with Gasteiger partial charge >= 0.3 is 6.36 Å². The number of nitrogens with one attached hydrogen (secondary N) is 1. The average Bonchev–Trinajstić information content (AvgIpc) is 2.69. The first-order chi connectivity index (χ1) is 9.73. The van der Waals surface area contributed by atoms with Crippen LogP contribution in [0.2, 0.25) is 0 Å². The number of alkyl halides is 3. The van der Waals surface area contributed by atoms with Gasteiger partial charge in [-0.1, -0.05) is 32.4 Å². The number of hydrogen-bond acceptors (Lipinski definition) is 2. The molecular weight excluding hydrogens is 279 g/mol. The lowest BCUT2D eigenvalue weighted by Crippen LogP contribution is -2.32. The van der Waals surface area contributed by atoms with Crippen LogP contribution in [0.15, 0.2) is 24.3 Å². The highest BCUT2D eigenvalue weighted by molar-refractivity contribution is 5.31. The Bertz CT molecular complexity index is 485. The van der Waals surface area contributed by atoms with Crippen LogP contribution in [-0.2, 0) is 0 Å². The third-order valence-corrected chi connectivity index (χ3v) is 4.50. The molecule has 0 radical (unpaired) electrons. The summed E-state index contributed by atoms with van der Waals surface area (Å²) in [4.78, 5) is 0. The van der Waals surface area contributed by atoms with Crippen molar-refractivity contribution in [3.8, 4) is 5.75 Å². The third-order valence-electron chi connectivity index (χ3n) is 4.50. The molecule has 0 amide bonds. The van der Waals surface area contributed by atoms with Gasteiger partial charge < -0.3 is 10.1 Å². The molecule has 1 aliphatic rings. The molecule has 2 unspecified atom stereocenters. The minimum atomic E-state index is -4.65. The fraction of sp³-hybridized carbons (Fsp3) is 0.625. The van der Waals surface area contributed by atoms with Gasteiger partial charge in [0.2, 0.25) is 0 Å². The topological polar surface area (TPSA) is 21.3 Å². The van der Waals surface area contributed by atoms with E-state index in [9.17, 15) is 13.2 Å². The van der Waals surface area contributed by atoms with E-state index in [1.54, 1.807) is 6.07 Å². The van der Waals surface area contributed by atoms with Crippen molar-refractivity contribution in [2.75, 3.05) is 7.05 Å². The van der Waals surface area contributed by atoms with Gasteiger partial charge in [0.05, 0.1) is 0 Å². The second-order valence-corrected chi connectivity index (χ2v) is 6.37. The van der Waals surface area contributed by atoms with Crippen molar-refractivity contribution in [3.05, 3.63) is 29.8 Å². The summed E-state index contributed by atoms with van der Waals surface area (Å²) in [6, 6.07) is 6.34. The highest BCUT2D eigenvalue weighted by Gasteiger charge is 2.39. The SMILES string of the molecule is CNC(c1cccc(OC(F)(F)F)c1)C1CCCC1(C)C. The molecule has 0 heterocycles. The van der Waals surface area contributed by atoms with Gasteiger partial charge in [-0.2, -0.15) is 0 Å². The zero-order valence-corrected chi connectivity index (χ0v) is 12.6. The fourth-order valence-electron chi connectivity index (χ4n) is 3.48. The summed E-state index contributed by atoms with van der Waals surface area (Å²) in [7, 11) is 1.86. The molecular formula is C16H22F3NO. The Kier molecular flexibility index (Phi) is 4.51. The lowest BCUT2D eigenvalue weighted by molar-refractivity contribution is -0.274. The molecule has 2 rings (SSSR count). The van der Waals surface area contributed by atoms with Crippen LogP contribution in [0, 0.1) is 11.3 Å². The van der Waals surface area contributed by atoms with Crippen molar-refractivity contribution in [1.29, 1.82) is 0 Å². The summed E-state index contributed by atoms with van der Waals surface area (Å²) in [6.45, 7) is 4.45. The maximum Gasteiger partial charge on any atom is 0.573 e. The van der Waals surface area contributed by atoms with Crippen molar-refractivity contribution < 1.29 is 17.9 Å². The molecule has 1 saturated carbocycles. The van der Waals surface area contributed by atoms with Gasteiger partial charge in [0.25, 0.3) is 0 Å².